The van der Waals surface area contributed by atoms with Crippen molar-refractivity contribution in [2.75, 3.05) is 20.2 Å². The van der Waals surface area contributed by atoms with Crippen molar-refractivity contribution in [3.05, 3.63) is 54.3 Å². The van der Waals surface area contributed by atoms with E-state index in [0.29, 0.717) is 6.04 Å². The number of ether oxygens (including phenoxy) is 1. The van der Waals surface area contributed by atoms with Crippen LogP contribution >= 0.6 is 0 Å². The lowest BCUT2D eigenvalue weighted by molar-refractivity contribution is 0.266. The highest BCUT2D eigenvalue weighted by molar-refractivity contribution is 5.84. The Labute approximate surface area is 149 Å². The lowest BCUT2D eigenvalue weighted by Crippen LogP contribution is -2.28. The zero-order chi connectivity index (χ0) is 17.2. The van der Waals surface area contributed by atoms with Crippen LogP contribution in [0.1, 0.15) is 25.5 Å². The average molecular weight is 335 g/mol. The topological polar surface area (TPSA) is 25.6 Å². The van der Waals surface area contributed by atoms with E-state index in [1.165, 1.54) is 35.9 Å². The summed E-state index contributed by atoms with van der Waals surface area (Å²) in [5, 5.41) is 1.18. The van der Waals surface area contributed by atoms with Gasteiger partial charge in [0.15, 0.2) is 0 Å². The molecule has 0 N–H and O–H groups in total. The third-order valence-corrected chi connectivity index (χ3v) is 5.33. The fourth-order valence-electron chi connectivity index (χ4n) is 3.76. The van der Waals surface area contributed by atoms with Gasteiger partial charge in [-0.3, -0.25) is 0 Å². The normalized spacial score (nSPS) is 18.1. The molecule has 2 aromatic carbocycles. The first-order valence-corrected chi connectivity index (χ1v) is 9.14. The summed E-state index contributed by atoms with van der Waals surface area (Å²) in [5.41, 5.74) is 3.37. The molecule has 1 fully saturated rings. The second-order valence-corrected chi connectivity index (χ2v) is 6.97. The maximum Gasteiger partial charge on any atom is 0.134 e. The lowest BCUT2D eigenvalue weighted by atomic mass is 10.0. The van der Waals surface area contributed by atoms with E-state index in [-0.39, 0.29) is 0 Å². The maximum atomic E-state index is 6.04. The fourth-order valence-corrected chi connectivity index (χ4v) is 3.76. The van der Waals surface area contributed by atoms with Crippen LogP contribution in [0.4, 0.5) is 0 Å². The summed E-state index contributed by atoms with van der Waals surface area (Å²) < 4.78 is 11.3. The molecule has 130 valence electrons. The molecule has 1 aromatic heterocycles. The molecule has 3 aromatic rings. The average Bonchev–Trinajstić information content (AvgIpc) is 3.24. The Morgan fingerprint density at radius 2 is 1.88 bits per heavy atom. The predicted octanol–water partition coefficient (Wildman–Crippen LogP) is 5.14. The van der Waals surface area contributed by atoms with E-state index >= 15 is 0 Å². The lowest BCUT2D eigenvalue weighted by Gasteiger charge is -2.19. The van der Waals surface area contributed by atoms with E-state index in [4.69, 9.17) is 9.15 Å². The quantitative estimate of drug-likeness (QED) is 0.646. The molecule has 1 unspecified atom stereocenters. The van der Waals surface area contributed by atoms with E-state index in [1.807, 2.05) is 12.1 Å². The summed E-state index contributed by atoms with van der Waals surface area (Å²) in [4.78, 5) is 2.57. The van der Waals surface area contributed by atoms with Crippen LogP contribution in [0.5, 0.6) is 5.75 Å². The van der Waals surface area contributed by atoms with Crippen LogP contribution in [-0.4, -0.2) is 31.1 Å². The molecule has 0 spiro atoms. The molecule has 1 saturated heterocycles. The second kappa shape index (κ2) is 6.93. The van der Waals surface area contributed by atoms with Gasteiger partial charge in [-0.05, 0) is 67.8 Å². The van der Waals surface area contributed by atoms with Crippen molar-refractivity contribution in [1.82, 2.24) is 4.90 Å². The van der Waals surface area contributed by atoms with E-state index in [9.17, 15) is 0 Å². The largest absolute Gasteiger partial charge is 0.497 e. The minimum absolute atomic E-state index is 0.714. The third-order valence-electron chi connectivity index (χ3n) is 5.33. The summed E-state index contributed by atoms with van der Waals surface area (Å²) >= 11 is 0. The maximum absolute atomic E-state index is 6.04. The van der Waals surface area contributed by atoms with Gasteiger partial charge in [0, 0.05) is 24.4 Å². The monoisotopic (exact) mass is 335 g/mol. The van der Waals surface area contributed by atoms with Crippen LogP contribution < -0.4 is 4.74 Å². The first kappa shape index (κ1) is 16.2. The predicted molar refractivity (Wildman–Crippen MR) is 102 cm³/mol. The SMILES string of the molecule is COc1ccc(-c2ccc3oc(CCN4CCCC4C)cc3c2)cc1. The van der Waals surface area contributed by atoms with Gasteiger partial charge in [0.05, 0.1) is 7.11 Å². The Kier molecular flexibility index (Phi) is 4.50. The molecule has 0 saturated carbocycles. The minimum atomic E-state index is 0.714. The van der Waals surface area contributed by atoms with Gasteiger partial charge in [-0.15, -0.1) is 0 Å². The van der Waals surface area contributed by atoms with Gasteiger partial charge < -0.3 is 14.1 Å². The fraction of sp³-hybridized carbons (Fsp3) is 0.364. The summed E-state index contributed by atoms with van der Waals surface area (Å²) in [6.45, 7) is 4.64. The van der Waals surface area contributed by atoms with Gasteiger partial charge in [0.25, 0.3) is 0 Å². The van der Waals surface area contributed by atoms with Gasteiger partial charge in [-0.25, -0.2) is 0 Å². The smallest absolute Gasteiger partial charge is 0.134 e. The Balaban J connectivity index is 1.52. The highest BCUT2D eigenvalue weighted by Gasteiger charge is 2.20. The molecule has 2 heterocycles. The number of hydrogen-bond donors (Lipinski definition) is 0. The number of rotatable bonds is 5. The molecule has 1 aliphatic heterocycles. The highest BCUT2D eigenvalue weighted by atomic mass is 16.5. The molecule has 0 aliphatic carbocycles. The van der Waals surface area contributed by atoms with Crippen LogP contribution in [-0.2, 0) is 6.42 Å². The summed E-state index contributed by atoms with van der Waals surface area (Å²) in [6, 6.07) is 17.5. The van der Waals surface area contributed by atoms with E-state index in [1.54, 1.807) is 7.11 Å². The zero-order valence-corrected chi connectivity index (χ0v) is 15.0. The molecule has 0 bridgehead atoms. The van der Waals surface area contributed by atoms with Crippen molar-refractivity contribution in [2.24, 2.45) is 0 Å². The Morgan fingerprint density at radius 3 is 2.60 bits per heavy atom. The second-order valence-electron chi connectivity index (χ2n) is 6.97. The Bertz CT molecular complexity index is 850. The van der Waals surface area contributed by atoms with Crippen molar-refractivity contribution in [3.8, 4) is 16.9 Å². The van der Waals surface area contributed by atoms with Crippen LogP contribution in [0.2, 0.25) is 0 Å². The molecule has 0 radical (unpaired) electrons. The van der Waals surface area contributed by atoms with Crippen molar-refractivity contribution in [1.29, 1.82) is 0 Å². The highest BCUT2D eigenvalue weighted by Crippen LogP contribution is 2.28. The Morgan fingerprint density at radius 1 is 1.08 bits per heavy atom. The van der Waals surface area contributed by atoms with Crippen LogP contribution in [0.25, 0.3) is 22.1 Å². The first-order valence-electron chi connectivity index (χ1n) is 9.14. The minimum Gasteiger partial charge on any atom is -0.497 e. The first-order chi connectivity index (χ1) is 12.2. The van der Waals surface area contributed by atoms with Gasteiger partial charge in [0.2, 0.25) is 0 Å². The van der Waals surface area contributed by atoms with Gasteiger partial charge in [-0.1, -0.05) is 18.2 Å². The molecule has 3 nitrogen and oxygen atoms in total. The third kappa shape index (κ3) is 3.42. The van der Waals surface area contributed by atoms with Crippen LogP contribution in [0.15, 0.2) is 52.9 Å². The molecule has 3 heteroatoms. The summed E-state index contributed by atoms with van der Waals surface area (Å²) in [7, 11) is 1.69. The van der Waals surface area contributed by atoms with Crippen molar-refractivity contribution in [3.63, 3.8) is 0 Å². The Hall–Kier alpha value is -2.26. The number of benzene rings is 2. The number of likely N-dealkylation sites (tertiary alicyclic amines) is 1. The van der Waals surface area contributed by atoms with E-state index in [2.05, 4.69) is 48.2 Å². The molecule has 1 atom stereocenters. The number of hydrogen-bond acceptors (Lipinski definition) is 3. The zero-order valence-electron chi connectivity index (χ0n) is 15.0. The number of methoxy groups -OCH3 is 1. The standard InChI is InChI=1S/C22H25NO2/c1-16-4-3-12-23(16)13-11-21-15-19-14-18(7-10-22(19)25-21)17-5-8-20(24-2)9-6-17/h5-10,14-16H,3-4,11-13H2,1-2H3. The number of fused-ring (bicyclic) bond motifs is 1. The van der Waals surface area contributed by atoms with Crippen LogP contribution in [0, 0.1) is 0 Å². The van der Waals surface area contributed by atoms with Crippen LogP contribution in [0.3, 0.4) is 0 Å². The summed E-state index contributed by atoms with van der Waals surface area (Å²) in [6.07, 6.45) is 3.63. The number of nitrogens with zero attached hydrogens (tertiary/aromatic N) is 1. The van der Waals surface area contributed by atoms with E-state index in [0.717, 1.165) is 30.1 Å². The summed E-state index contributed by atoms with van der Waals surface area (Å²) in [5.74, 6) is 1.97. The number of furan rings is 1. The molecule has 4 rings (SSSR count). The molecule has 1 aliphatic rings. The van der Waals surface area contributed by atoms with Gasteiger partial charge >= 0.3 is 0 Å². The molecule has 0 amide bonds. The van der Waals surface area contributed by atoms with Gasteiger partial charge in [-0.2, -0.15) is 0 Å². The van der Waals surface area contributed by atoms with Crippen molar-refractivity contribution >= 4 is 11.0 Å². The molecular formula is C22H25NO2. The molecular weight excluding hydrogens is 310 g/mol. The van der Waals surface area contributed by atoms with Crippen molar-refractivity contribution in [2.45, 2.75) is 32.2 Å². The van der Waals surface area contributed by atoms with E-state index < -0.39 is 0 Å². The van der Waals surface area contributed by atoms with Gasteiger partial charge in [0.1, 0.15) is 17.1 Å². The molecule has 25 heavy (non-hydrogen) atoms. The van der Waals surface area contributed by atoms with Crippen molar-refractivity contribution < 1.29 is 9.15 Å².